The smallest absolute Gasteiger partial charge is 0.267 e. The lowest BCUT2D eigenvalue weighted by atomic mass is 9.91. The highest BCUT2D eigenvalue weighted by Crippen LogP contribution is 2.24. The predicted molar refractivity (Wildman–Crippen MR) is 65.0 cm³/mol. The number of carbonyl (C=O) groups excluding carboxylic acids is 1. The maximum atomic E-state index is 12.2. The van der Waals surface area contributed by atoms with E-state index >= 15 is 0 Å². The summed E-state index contributed by atoms with van der Waals surface area (Å²) in [5.41, 5.74) is 0.664. The van der Waals surface area contributed by atoms with Crippen LogP contribution in [0.15, 0.2) is 0 Å². The molecule has 2 rings (SSSR count). The van der Waals surface area contributed by atoms with E-state index in [0.717, 1.165) is 37.2 Å². The van der Waals surface area contributed by atoms with Crippen LogP contribution in [0.5, 0.6) is 0 Å². The molecular formula is C11H17N3O2S. The Hall–Kier alpha value is -1.01. The first kappa shape index (κ1) is 12.4. The van der Waals surface area contributed by atoms with Gasteiger partial charge in [-0.25, -0.2) is 0 Å². The van der Waals surface area contributed by atoms with Gasteiger partial charge in [-0.05, 0) is 31.3 Å². The summed E-state index contributed by atoms with van der Waals surface area (Å²) in [4.78, 5) is 14.4. The highest BCUT2D eigenvalue weighted by molar-refractivity contribution is 7.07. The van der Waals surface area contributed by atoms with Crippen LogP contribution in [0.1, 0.15) is 41.0 Å². The van der Waals surface area contributed by atoms with Gasteiger partial charge in [-0.15, -0.1) is 5.10 Å². The van der Waals surface area contributed by atoms with Gasteiger partial charge in [0.2, 0.25) is 0 Å². The van der Waals surface area contributed by atoms with Crippen molar-refractivity contribution in [2.45, 2.75) is 44.8 Å². The van der Waals surface area contributed by atoms with E-state index < -0.39 is 6.10 Å². The summed E-state index contributed by atoms with van der Waals surface area (Å²) in [5, 5.41) is 13.8. The number of likely N-dealkylation sites (N-methyl/N-ethyl adjacent to an activating group) is 1. The monoisotopic (exact) mass is 255 g/mol. The zero-order chi connectivity index (χ0) is 12.4. The molecule has 0 aromatic carbocycles. The van der Waals surface area contributed by atoms with Crippen LogP contribution in [0.4, 0.5) is 0 Å². The Kier molecular flexibility index (Phi) is 3.73. The second-order valence-corrected chi connectivity index (χ2v) is 5.28. The van der Waals surface area contributed by atoms with Crippen molar-refractivity contribution in [1.82, 2.24) is 14.5 Å². The van der Waals surface area contributed by atoms with E-state index in [-0.39, 0.29) is 11.9 Å². The molecule has 1 amide bonds. The van der Waals surface area contributed by atoms with Crippen molar-refractivity contribution >= 4 is 17.4 Å². The van der Waals surface area contributed by atoms with E-state index in [1.54, 1.807) is 18.9 Å². The Morgan fingerprint density at radius 2 is 2.18 bits per heavy atom. The summed E-state index contributed by atoms with van der Waals surface area (Å²) in [6, 6.07) is -0.0715. The first-order chi connectivity index (χ1) is 8.11. The van der Waals surface area contributed by atoms with Gasteiger partial charge in [0.15, 0.2) is 0 Å². The molecule has 1 heterocycles. The summed E-state index contributed by atoms with van der Waals surface area (Å²) in [6.07, 6.45) is 3.36. The van der Waals surface area contributed by atoms with E-state index in [1.165, 1.54) is 0 Å². The summed E-state index contributed by atoms with van der Waals surface area (Å²) < 4.78 is 3.77. The van der Waals surface area contributed by atoms with Crippen molar-refractivity contribution in [2.24, 2.45) is 0 Å². The molecule has 0 spiro atoms. The molecule has 1 aromatic rings. The van der Waals surface area contributed by atoms with Crippen molar-refractivity contribution < 1.29 is 9.90 Å². The number of carbonyl (C=O) groups is 1. The van der Waals surface area contributed by atoms with Gasteiger partial charge in [-0.1, -0.05) is 17.3 Å². The molecule has 1 aromatic heterocycles. The van der Waals surface area contributed by atoms with Gasteiger partial charge in [0.1, 0.15) is 4.88 Å². The van der Waals surface area contributed by atoms with E-state index in [1.807, 2.05) is 0 Å². The average Bonchev–Trinajstić information content (AvgIpc) is 2.74. The van der Waals surface area contributed by atoms with Crippen molar-refractivity contribution in [1.29, 1.82) is 0 Å². The van der Waals surface area contributed by atoms with Crippen molar-refractivity contribution in [3.63, 3.8) is 0 Å². The van der Waals surface area contributed by atoms with Crippen LogP contribution < -0.4 is 0 Å². The Balaban J connectivity index is 2.11. The Labute approximate surface area is 105 Å². The summed E-state index contributed by atoms with van der Waals surface area (Å²) in [7, 11) is 1.75. The number of aliphatic hydroxyl groups is 1. The second kappa shape index (κ2) is 5.10. The third kappa shape index (κ3) is 2.47. The van der Waals surface area contributed by atoms with Gasteiger partial charge >= 0.3 is 0 Å². The van der Waals surface area contributed by atoms with Crippen LogP contribution >= 0.6 is 11.5 Å². The molecule has 0 saturated heterocycles. The molecule has 1 aliphatic carbocycles. The molecule has 1 saturated carbocycles. The summed E-state index contributed by atoms with van der Waals surface area (Å²) >= 11 is 1.12. The molecule has 2 atom stereocenters. The minimum atomic E-state index is -0.404. The van der Waals surface area contributed by atoms with E-state index in [0.29, 0.717) is 10.6 Å². The van der Waals surface area contributed by atoms with Crippen LogP contribution in [0, 0.1) is 6.92 Å². The molecule has 94 valence electrons. The Morgan fingerprint density at radius 1 is 1.47 bits per heavy atom. The fourth-order valence-electron chi connectivity index (χ4n) is 2.28. The topological polar surface area (TPSA) is 66.3 Å². The predicted octanol–water partition coefficient (Wildman–Crippen LogP) is 1.22. The molecule has 0 bridgehead atoms. The number of aryl methyl sites for hydroxylation is 1. The highest BCUT2D eigenvalue weighted by atomic mass is 32.1. The zero-order valence-electron chi connectivity index (χ0n) is 10.1. The first-order valence-corrected chi connectivity index (χ1v) is 6.62. The van der Waals surface area contributed by atoms with Crippen LogP contribution in [-0.2, 0) is 0 Å². The minimum absolute atomic E-state index is 0.0715. The number of aliphatic hydroxyl groups excluding tert-OH is 1. The molecule has 1 fully saturated rings. The van der Waals surface area contributed by atoms with Crippen molar-refractivity contribution in [2.75, 3.05) is 7.05 Å². The lowest BCUT2D eigenvalue weighted by Crippen LogP contribution is -2.46. The van der Waals surface area contributed by atoms with Crippen LogP contribution in [-0.4, -0.2) is 44.7 Å². The number of hydrogen-bond donors (Lipinski definition) is 1. The average molecular weight is 255 g/mol. The van der Waals surface area contributed by atoms with Gasteiger partial charge in [-0.2, -0.15) is 0 Å². The lowest BCUT2D eigenvalue weighted by molar-refractivity contribution is 0.0270. The maximum absolute atomic E-state index is 12.2. The minimum Gasteiger partial charge on any atom is -0.391 e. The largest absolute Gasteiger partial charge is 0.391 e. The second-order valence-electron chi connectivity index (χ2n) is 4.52. The third-order valence-corrected chi connectivity index (χ3v) is 4.17. The van der Waals surface area contributed by atoms with Gasteiger partial charge in [0, 0.05) is 7.05 Å². The van der Waals surface area contributed by atoms with Crippen LogP contribution in [0.25, 0.3) is 0 Å². The molecule has 0 radical (unpaired) electrons. The van der Waals surface area contributed by atoms with E-state index in [2.05, 4.69) is 9.59 Å². The highest BCUT2D eigenvalue weighted by Gasteiger charge is 2.31. The number of rotatable bonds is 2. The summed E-state index contributed by atoms with van der Waals surface area (Å²) in [6.45, 7) is 1.78. The number of nitrogens with zero attached hydrogens (tertiary/aromatic N) is 3. The van der Waals surface area contributed by atoms with Crippen molar-refractivity contribution in [3.05, 3.63) is 10.6 Å². The van der Waals surface area contributed by atoms with Gasteiger partial charge in [-0.3, -0.25) is 4.79 Å². The third-order valence-electron chi connectivity index (χ3n) is 3.36. The molecule has 2 unspecified atom stereocenters. The molecule has 1 N–H and O–H groups in total. The molecule has 6 heteroatoms. The summed E-state index contributed by atoms with van der Waals surface area (Å²) in [5.74, 6) is -0.0801. The van der Waals surface area contributed by atoms with E-state index in [9.17, 15) is 9.90 Å². The van der Waals surface area contributed by atoms with Gasteiger partial charge in [0.05, 0.1) is 17.8 Å². The fraction of sp³-hybridized carbons (Fsp3) is 0.727. The van der Waals surface area contributed by atoms with E-state index in [4.69, 9.17) is 0 Å². The SMILES string of the molecule is Cc1nnsc1C(=O)N(C)C1CCCCC1O. The fourth-order valence-corrected chi connectivity index (χ4v) is 2.92. The quantitative estimate of drug-likeness (QED) is 0.863. The zero-order valence-corrected chi connectivity index (χ0v) is 10.9. The first-order valence-electron chi connectivity index (χ1n) is 5.85. The maximum Gasteiger partial charge on any atom is 0.267 e. The van der Waals surface area contributed by atoms with Gasteiger partial charge in [0.25, 0.3) is 5.91 Å². The molecular weight excluding hydrogens is 238 g/mol. The number of aromatic nitrogens is 2. The lowest BCUT2D eigenvalue weighted by Gasteiger charge is -2.34. The number of amides is 1. The Bertz CT molecular complexity index is 407. The van der Waals surface area contributed by atoms with Gasteiger partial charge < -0.3 is 10.0 Å². The standard InChI is InChI=1S/C11H17N3O2S/c1-7-10(17-13-12-7)11(16)14(2)8-5-3-4-6-9(8)15/h8-9,15H,3-6H2,1-2H3. The molecule has 1 aliphatic rings. The van der Waals surface area contributed by atoms with Crippen LogP contribution in [0.3, 0.4) is 0 Å². The van der Waals surface area contributed by atoms with Crippen LogP contribution in [0.2, 0.25) is 0 Å². The van der Waals surface area contributed by atoms with Crippen molar-refractivity contribution in [3.8, 4) is 0 Å². The molecule has 17 heavy (non-hydrogen) atoms. The Morgan fingerprint density at radius 3 is 2.76 bits per heavy atom. The number of hydrogen-bond acceptors (Lipinski definition) is 5. The molecule has 0 aliphatic heterocycles. The normalized spacial score (nSPS) is 24.6. The molecule has 5 nitrogen and oxygen atoms in total.